The molecule has 0 aliphatic heterocycles. The van der Waals surface area contributed by atoms with Crippen molar-refractivity contribution in [2.24, 2.45) is 0 Å². The molecule has 1 heterocycles. The Labute approximate surface area is 129 Å². The number of hydrogen-bond donors (Lipinski definition) is 0. The quantitative estimate of drug-likeness (QED) is 0.850. The third kappa shape index (κ3) is 2.62. The van der Waals surface area contributed by atoms with Crippen LogP contribution in [0.2, 0.25) is 0 Å². The Balaban J connectivity index is 2.18. The van der Waals surface area contributed by atoms with Crippen molar-refractivity contribution in [1.29, 1.82) is 5.26 Å². The highest BCUT2D eigenvalue weighted by atomic mass is 16.5. The molecule has 112 valence electrons. The van der Waals surface area contributed by atoms with E-state index in [1.165, 1.54) is 0 Å². The molecule has 0 radical (unpaired) electrons. The molecule has 0 saturated heterocycles. The molecule has 4 nitrogen and oxygen atoms in total. The van der Waals surface area contributed by atoms with Gasteiger partial charge in [0.25, 0.3) is 5.56 Å². The molecule has 22 heavy (non-hydrogen) atoms. The predicted molar refractivity (Wildman–Crippen MR) is 84.9 cm³/mol. The Morgan fingerprint density at radius 3 is 2.73 bits per heavy atom. The van der Waals surface area contributed by atoms with Gasteiger partial charge in [0.2, 0.25) is 0 Å². The molecule has 2 aromatic rings. The van der Waals surface area contributed by atoms with Gasteiger partial charge in [-0.05, 0) is 38.0 Å². The van der Waals surface area contributed by atoms with Crippen molar-refractivity contribution in [3.8, 4) is 23.1 Å². The average molecular weight is 294 g/mol. The molecular weight excluding hydrogens is 276 g/mol. The zero-order chi connectivity index (χ0) is 15.5. The number of nitriles is 1. The molecule has 0 N–H and O–H groups in total. The van der Waals surface area contributed by atoms with Gasteiger partial charge < -0.3 is 9.30 Å². The largest absolute Gasteiger partial charge is 0.493 e. The number of rotatable bonds is 5. The summed E-state index contributed by atoms with van der Waals surface area (Å²) in [6, 6.07) is 13.8. The summed E-state index contributed by atoms with van der Waals surface area (Å²) >= 11 is 0. The average Bonchev–Trinajstić information content (AvgIpc) is 3.35. The fourth-order valence-corrected chi connectivity index (χ4v) is 2.69. The smallest absolute Gasteiger partial charge is 0.255 e. The van der Waals surface area contributed by atoms with Gasteiger partial charge in [0.15, 0.2) is 0 Å². The van der Waals surface area contributed by atoms with Crippen LogP contribution in [0.5, 0.6) is 5.75 Å². The van der Waals surface area contributed by atoms with Crippen molar-refractivity contribution in [3.63, 3.8) is 0 Å². The highest BCUT2D eigenvalue weighted by molar-refractivity contribution is 5.68. The number of aromatic nitrogens is 1. The van der Waals surface area contributed by atoms with Crippen LogP contribution >= 0.6 is 0 Å². The maximum Gasteiger partial charge on any atom is 0.255 e. The molecule has 1 fully saturated rings. The molecule has 3 rings (SSSR count). The summed E-state index contributed by atoms with van der Waals surface area (Å²) in [7, 11) is 0. The standard InChI is InChI=1S/C18H18N2O2/c1-2-22-17-6-4-3-5-15(17)16-10-7-13(11-12-19)18(21)20(16)14-8-9-14/h3-7,10,14H,2,8-9,11H2,1H3. The maximum atomic E-state index is 12.7. The summed E-state index contributed by atoms with van der Waals surface area (Å²) in [5.74, 6) is 0.784. The third-order valence-electron chi connectivity index (χ3n) is 3.84. The highest BCUT2D eigenvalue weighted by Gasteiger charge is 2.28. The molecule has 1 aliphatic rings. The van der Waals surface area contributed by atoms with Gasteiger partial charge in [-0.3, -0.25) is 4.79 Å². The lowest BCUT2D eigenvalue weighted by Gasteiger charge is -2.16. The van der Waals surface area contributed by atoms with Gasteiger partial charge >= 0.3 is 0 Å². The summed E-state index contributed by atoms with van der Waals surface area (Å²) in [6.45, 7) is 2.53. The van der Waals surface area contributed by atoms with Gasteiger partial charge in [0, 0.05) is 17.2 Å². The summed E-state index contributed by atoms with van der Waals surface area (Å²) < 4.78 is 7.53. The molecule has 4 heteroatoms. The predicted octanol–water partition coefficient (Wildman–Crippen LogP) is 3.31. The van der Waals surface area contributed by atoms with E-state index in [0.717, 1.165) is 29.8 Å². The lowest BCUT2D eigenvalue weighted by atomic mass is 10.1. The summed E-state index contributed by atoms with van der Waals surface area (Å²) in [5, 5.41) is 8.87. The van der Waals surface area contributed by atoms with Crippen molar-refractivity contribution in [2.45, 2.75) is 32.2 Å². The molecule has 1 saturated carbocycles. The molecule has 0 bridgehead atoms. The Hall–Kier alpha value is -2.54. The second-order valence-electron chi connectivity index (χ2n) is 5.41. The van der Waals surface area contributed by atoms with Crippen molar-refractivity contribution in [3.05, 3.63) is 52.3 Å². The number of benzene rings is 1. The number of hydrogen-bond acceptors (Lipinski definition) is 3. The molecule has 0 amide bonds. The van der Waals surface area contributed by atoms with Crippen molar-refractivity contribution in [1.82, 2.24) is 4.57 Å². The Bertz CT molecular complexity index is 782. The van der Waals surface area contributed by atoms with Gasteiger partial charge in [0.05, 0.1) is 24.8 Å². The number of nitrogens with zero attached hydrogens (tertiary/aromatic N) is 2. The van der Waals surface area contributed by atoms with E-state index in [4.69, 9.17) is 10.00 Å². The number of pyridine rings is 1. The van der Waals surface area contributed by atoms with E-state index in [-0.39, 0.29) is 18.0 Å². The second kappa shape index (κ2) is 6.07. The van der Waals surface area contributed by atoms with E-state index in [2.05, 4.69) is 6.07 Å². The molecule has 0 atom stereocenters. The molecule has 0 unspecified atom stereocenters. The Morgan fingerprint density at radius 2 is 2.05 bits per heavy atom. The molecule has 1 aromatic carbocycles. The Morgan fingerprint density at radius 1 is 1.27 bits per heavy atom. The fourth-order valence-electron chi connectivity index (χ4n) is 2.69. The van der Waals surface area contributed by atoms with Gasteiger partial charge in [0.1, 0.15) is 5.75 Å². The first-order valence-corrected chi connectivity index (χ1v) is 7.59. The number of para-hydroxylation sites is 1. The van der Waals surface area contributed by atoms with Crippen LogP contribution in [-0.2, 0) is 6.42 Å². The van der Waals surface area contributed by atoms with Crippen molar-refractivity contribution >= 4 is 0 Å². The lowest BCUT2D eigenvalue weighted by Crippen LogP contribution is -2.24. The van der Waals surface area contributed by atoms with E-state index in [1.54, 1.807) is 6.07 Å². The van der Waals surface area contributed by atoms with Crippen LogP contribution < -0.4 is 10.3 Å². The first kappa shape index (κ1) is 14.4. The van der Waals surface area contributed by atoms with E-state index in [1.807, 2.05) is 41.8 Å². The zero-order valence-electron chi connectivity index (χ0n) is 12.6. The van der Waals surface area contributed by atoms with Gasteiger partial charge in [-0.1, -0.05) is 18.2 Å². The van der Waals surface area contributed by atoms with E-state index in [0.29, 0.717) is 12.2 Å². The van der Waals surface area contributed by atoms with Crippen LogP contribution in [0.1, 0.15) is 31.4 Å². The number of ether oxygens (including phenoxy) is 1. The fraction of sp³-hybridized carbons (Fsp3) is 0.333. The van der Waals surface area contributed by atoms with E-state index < -0.39 is 0 Å². The van der Waals surface area contributed by atoms with E-state index in [9.17, 15) is 4.79 Å². The first-order valence-electron chi connectivity index (χ1n) is 7.59. The third-order valence-corrected chi connectivity index (χ3v) is 3.84. The summed E-state index contributed by atoms with van der Waals surface area (Å²) in [6.07, 6.45) is 2.18. The minimum atomic E-state index is -0.0483. The Kier molecular flexibility index (Phi) is 3.97. The maximum absolute atomic E-state index is 12.7. The SMILES string of the molecule is CCOc1ccccc1-c1ccc(CC#N)c(=O)n1C1CC1. The molecule has 1 aromatic heterocycles. The first-order chi connectivity index (χ1) is 10.8. The van der Waals surface area contributed by atoms with Crippen molar-refractivity contribution < 1.29 is 4.74 Å². The topological polar surface area (TPSA) is 55.0 Å². The summed E-state index contributed by atoms with van der Waals surface area (Å²) in [5.41, 5.74) is 2.31. The van der Waals surface area contributed by atoms with Gasteiger partial charge in [-0.15, -0.1) is 0 Å². The van der Waals surface area contributed by atoms with Gasteiger partial charge in [-0.2, -0.15) is 5.26 Å². The van der Waals surface area contributed by atoms with Gasteiger partial charge in [-0.25, -0.2) is 0 Å². The molecule has 1 aliphatic carbocycles. The van der Waals surface area contributed by atoms with E-state index >= 15 is 0 Å². The lowest BCUT2D eigenvalue weighted by molar-refractivity contribution is 0.341. The van der Waals surface area contributed by atoms with Crippen LogP contribution in [0.4, 0.5) is 0 Å². The normalized spacial score (nSPS) is 13.6. The highest BCUT2D eigenvalue weighted by Crippen LogP contribution is 2.39. The van der Waals surface area contributed by atoms with Crippen molar-refractivity contribution in [2.75, 3.05) is 6.61 Å². The minimum Gasteiger partial charge on any atom is -0.493 e. The molecular formula is C18H18N2O2. The molecule has 0 spiro atoms. The van der Waals surface area contributed by atoms with Crippen LogP contribution in [0.25, 0.3) is 11.3 Å². The monoisotopic (exact) mass is 294 g/mol. The van der Waals surface area contributed by atoms with Crippen LogP contribution in [0.3, 0.4) is 0 Å². The minimum absolute atomic E-state index is 0.0483. The van der Waals surface area contributed by atoms with Crippen LogP contribution in [0, 0.1) is 11.3 Å². The summed E-state index contributed by atoms with van der Waals surface area (Å²) in [4.78, 5) is 12.7. The zero-order valence-corrected chi connectivity index (χ0v) is 12.6. The van der Waals surface area contributed by atoms with Crippen LogP contribution in [-0.4, -0.2) is 11.2 Å². The van der Waals surface area contributed by atoms with Crippen LogP contribution in [0.15, 0.2) is 41.2 Å². The second-order valence-corrected chi connectivity index (χ2v) is 5.41.